The molecule has 0 unspecified atom stereocenters. The van der Waals surface area contributed by atoms with Crippen LogP contribution in [0.2, 0.25) is 0 Å². The zero-order valence-electron chi connectivity index (χ0n) is 13.8. The number of nitro groups is 1. The van der Waals surface area contributed by atoms with Crippen LogP contribution >= 0.6 is 0 Å². The van der Waals surface area contributed by atoms with Crippen molar-refractivity contribution in [1.29, 1.82) is 5.26 Å². The number of ketones is 1. The van der Waals surface area contributed by atoms with Crippen LogP contribution in [-0.2, 0) is 6.54 Å². The van der Waals surface area contributed by atoms with Crippen molar-refractivity contribution in [2.24, 2.45) is 0 Å². The molecule has 0 bridgehead atoms. The van der Waals surface area contributed by atoms with E-state index < -0.39 is 4.92 Å². The van der Waals surface area contributed by atoms with Gasteiger partial charge in [0.2, 0.25) is 5.78 Å². The van der Waals surface area contributed by atoms with Crippen molar-refractivity contribution >= 4 is 22.4 Å². The summed E-state index contributed by atoms with van der Waals surface area (Å²) in [7, 11) is 0. The average Bonchev–Trinajstić information content (AvgIpc) is 3.03. The van der Waals surface area contributed by atoms with Crippen molar-refractivity contribution in [3.63, 3.8) is 0 Å². The molecule has 0 saturated carbocycles. The lowest BCUT2D eigenvalue weighted by atomic mass is 10.1. The predicted octanol–water partition coefficient (Wildman–Crippen LogP) is 3.72. The number of fused-ring (bicyclic) bond motifs is 1. The van der Waals surface area contributed by atoms with Gasteiger partial charge < -0.3 is 9.30 Å². The number of nitriles is 1. The van der Waals surface area contributed by atoms with Gasteiger partial charge in [-0.05, 0) is 12.1 Å². The Morgan fingerprint density at radius 3 is 2.81 bits per heavy atom. The van der Waals surface area contributed by atoms with Gasteiger partial charge in [-0.2, -0.15) is 5.26 Å². The van der Waals surface area contributed by atoms with Crippen molar-refractivity contribution in [3.8, 4) is 11.8 Å². The van der Waals surface area contributed by atoms with Crippen LogP contribution in [0, 0.1) is 21.4 Å². The monoisotopic (exact) mass is 349 g/mol. The van der Waals surface area contributed by atoms with Gasteiger partial charge in [0.15, 0.2) is 6.61 Å². The van der Waals surface area contributed by atoms with Gasteiger partial charge in [-0.15, -0.1) is 0 Å². The number of non-ortho nitro benzene ring substituents is 1. The molecule has 0 radical (unpaired) electrons. The highest BCUT2D eigenvalue weighted by atomic mass is 16.6. The van der Waals surface area contributed by atoms with Gasteiger partial charge in [0.1, 0.15) is 5.75 Å². The number of Topliss-reactive ketones (excluding diaryl/α,β-unsaturated/α-hetero) is 1. The van der Waals surface area contributed by atoms with Crippen LogP contribution < -0.4 is 4.74 Å². The van der Waals surface area contributed by atoms with Crippen molar-refractivity contribution in [2.45, 2.75) is 13.0 Å². The summed E-state index contributed by atoms with van der Waals surface area (Å²) in [5, 5.41) is 20.4. The zero-order valence-corrected chi connectivity index (χ0v) is 13.8. The number of nitrogens with zero attached hydrogens (tertiary/aromatic N) is 3. The summed E-state index contributed by atoms with van der Waals surface area (Å²) in [6, 6.07) is 15.3. The molecule has 0 amide bonds. The average molecular weight is 349 g/mol. The van der Waals surface area contributed by atoms with E-state index in [1.54, 1.807) is 12.3 Å². The Hall–Kier alpha value is -3.66. The number of ether oxygens (including phenoxy) is 1. The zero-order chi connectivity index (χ0) is 18.5. The molecule has 1 aromatic heterocycles. The molecule has 0 N–H and O–H groups in total. The Kier molecular flexibility index (Phi) is 4.94. The van der Waals surface area contributed by atoms with Gasteiger partial charge in [-0.25, -0.2) is 0 Å². The largest absolute Gasteiger partial charge is 0.485 e. The highest BCUT2D eigenvalue weighted by Gasteiger charge is 2.16. The lowest BCUT2D eigenvalue weighted by Crippen LogP contribution is -2.11. The second-order valence-electron chi connectivity index (χ2n) is 5.63. The number of rotatable bonds is 7. The fraction of sp³-hybridized carbons (Fsp3) is 0.158. The van der Waals surface area contributed by atoms with Crippen molar-refractivity contribution in [2.75, 3.05) is 6.61 Å². The molecule has 1 heterocycles. The number of aryl methyl sites for hydroxylation is 1. The lowest BCUT2D eigenvalue weighted by molar-refractivity contribution is -0.384. The minimum Gasteiger partial charge on any atom is -0.485 e. The molecule has 0 aliphatic carbocycles. The van der Waals surface area contributed by atoms with Gasteiger partial charge in [0.05, 0.1) is 23.5 Å². The summed E-state index contributed by atoms with van der Waals surface area (Å²) in [6.45, 7) is 0.267. The molecule has 7 heteroatoms. The third-order valence-corrected chi connectivity index (χ3v) is 3.95. The number of hydrogen-bond acceptors (Lipinski definition) is 5. The van der Waals surface area contributed by atoms with Crippen LogP contribution in [0.3, 0.4) is 0 Å². The second kappa shape index (κ2) is 7.49. The fourth-order valence-corrected chi connectivity index (χ4v) is 2.74. The molecule has 2 aromatic carbocycles. The number of carbonyl (C=O) groups is 1. The quantitative estimate of drug-likeness (QED) is 0.368. The van der Waals surface area contributed by atoms with E-state index in [2.05, 4.69) is 6.07 Å². The molecule has 0 saturated heterocycles. The number of benzene rings is 2. The van der Waals surface area contributed by atoms with E-state index in [-0.39, 0.29) is 23.8 Å². The fourth-order valence-electron chi connectivity index (χ4n) is 2.74. The maximum absolute atomic E-state index is 12.6. The molecular weight excluding hydrogens is 334 g/mol. The number of para-hydroxylation sites is 1. The van der Waals surface area contributed by atoms with Gasteiger partial charge >= 0.3 is 0 Å². The Bertz CT molecular complexity index is 1020. The van der Waals surface area contributed by atoms with Crippen LogP contribution in [0.4, 0.5) is 5.69 Å². The predicted molar refractivity (Wildman–Crippen MR) is 95.1 cm³/mol. The highest BCUT2D eigenvalue weighted by Crippen LogP contribution is 2.23. The molecule has 0 spiro atoms. The molecule has 7 nitrogen and oxygen atoms in total. The molecule has 0 fully saturated rings. The maximum Gasteiger partial charge on any atom is 0.273 e. The highest BCUT2D eigenvalue weighted by molar-refractivity contribution is 6.08. The van der Waals surface area contributed by atoms with Gasteiger partial charge in [-0.1, -0.05) is 24.3 Å². The van der Waals surface area contributed by atoms with Crippen LogP contribution in [0.5, 0.6) is 5.75 Å². The molecule has 0 aliphatic heterocycles. The van der Waals surface area contributed by atoms with Crippen LogP contribution in [0.1, 0.15) is 16.8 Å². The van der Waals surface area contributed by atoms with Gasteiger partial charge in [0, 0.05) is 35.3 Å². The van der Waals surface area contributed by atoms with Crippen molar-refractivity contribution in [3.05, 3.63) is 70.4 Å². The van der Waals surface area contributed by atoms with Crippen molar-refractivity contribution < 1.29 is 14.5 Å². The molecule has 130 valence electrons. The topological polar surface area (TPSA) is 98.2 Å². The lowest BCUT2D eigenvalue weighted by Gasteiger charge is -2.04. The molecular formula is C19H15N3O4. The van der Waals surface area contributed by atoms with E-state index in [9.17, 15) is 14.9 Å². The molecule has 0 aliphatic rings. The van der Waals surface area contributed by atoms with Crippen LogP contribution in [0.25, 0.3) is 10.9 Å². The van der Waals surface area contributed by atoms with Gasteiger partial charge in [0.25, 0.3) is 5.69 Å². The van der Waals surface area contributed by atoms with E-state index in [4.69, 9.17) is 10.00 Å². The van der Waals surface area contributed by atoms with Crippen LogP contribution in [-0.4, -0.2) is 21.9 Å². The summed E-state index contributed by atoms with van der Waals surface area (Å²) < 4.78 is 7.31. The first kappa shape index (κ1) is 17.2. The summed E-state index contributed by atoms with van der Waals surface area (Å²) in [5.74, 6) is 0.0317. The normalized spacial score (nSPS) is 10.4. The Morgan fingerprint density at radius 1 is 1.23 bits per heavy atom. The summed E-state index contributed by atoms with van der Waals surface area (Å²) >= 11 is 0. The van der Waals surface area contributed by atoms with E-state index in [1.165, 1.54) is 18.2 Å². The third-order valence-electron chi connectivity index (χ3n) is 3.95. The first-order valence-electron chi connectivity index (χ1n) is 7.95. The van der Waals surface area contributed by atoms with Crippen LogP contribution in [0.15, 0.2) is 54.7 Å². The standard InChI is InChI=1S/C19H15N3O4/c20-9-4-10-21-12-17(16-7-1-2-8-18(16)21)19(23)13-26-15-6-3-5-14(11-15)22(24)25/h1-3,5-8,11-12H,4,10,13H2. The molecule has 0 atom stereocenters. The molecule has 3 rings (SSSR count). The molecule has 3 aromatic rings. The van der Waals surface area contributed by atoms with Gasteiger partial charge in [-0.3, -0.25) is 14.9 Å². The van der Waals surface area contributed by atoms with E-state index in [1.807, 2.05) is 28.8 Å². The number of hydrogen-bond donors (Lipinski definition) is 0. The van der Waals surface area contributed by atoms with Crippen molar-refractivity contribution in [1.82, 2.24) is 4.57 Å². The SMILES string of the molecule is N#CCCn1cc(C(=O)COc2cccc([N+](=O)[O-])c2)c2ccccc21. The molecule has 26 heavy (non-hydrogen) atoms. The van der Waals surface area contributed by atoms with E-state index in [0.29, 0.717) is 18.5 Å². The number of nitro benzene ring substituents is 1. The number of carbonyl (C=O) groups excluding carboxylic acids is 1. The summed E-state index contributed by atoms with van der Waals surface area (Å²) in [5.41, 5.74) is 1.29. The second-order valence-corrected chi connectivity index (χ2v) is 5.63. The first-order valence-corrected chi connectivity index (χ1v) is 7.95. The maximum atomic E-state index is 12.6. The summed E-state index contributed by atoms with van der Waals surface area (Å²) in [6.07, 6.45) is 2.07. The van der Waals surface area contributed by atoms with E-state index in [0.717, 1.165) is 10.9 Å². The first-order chi connectivity index (χ1) is 12.6. The smallest absolute Gasteiger partial charge is 0.273 e. The Morgan fingerprint density at radius 2 is 2.04 bits per heavy atom. The minimum atomic E-state index is -0.516. The Labute approximate surface area is 149 Å². The third kappa shape index (κ3) is 3.54. The van der Waals surface area contributed by atoms with E-state index >= 15 is 0 Å². The Balaban J connectivity index is 1.81. The number of aromatic nitrogens is 1. The minimum absolute atomic E-state index is 0.0944. The summed E-state index contributed by atoms with van der Waals surface area (Å²) in [4.78, 5) is 22.9.